The summed E-state index contributed by atoms with van der Waals surface area (Å²) in [6.45, 7) is 2.78. The molecule has 2 rings (SSSR count). The highest BCUT2D eigenvalue weighted by Gasteiger charge is 2.08. The Bertz CT molecular complexity index is 568. The standard InChI is InChI=1S/C15H20BrN3O/c1-3-14(17)6-11-8-18-19(9-11)10-12-7-13(16)4-5-15(12)20-2/h4-5,7-9,14H,3,6,10,17H2,1-2H3. The summed E-state index contributed by atoms with van der Waals surface area (Å²) in [5.74, 6) is 0.871. The van der Waals surface area contributed by atoms with Crippen LogP contribution in [0.2, 0.25) is 0 Å². The molecule has 0 aliphatic rings. The van der Waals surface area contributed by atoms with Gasteiger partial charge in [-0.3, -0.25) is 4.68 Å². The van der Waals surface area contributed by atoms with E-state index in [0.29, 0.717) is 6.54 Å². The highest BCUT2D eigenvalue weighted by molar-refractivity contribution is 9.10. The van der Waals surface area contributed by atoms with E-state index in [1.54, 1.807) is 7.11 Å². The van der Waals surface area contributed by atoms with Gasteiger partial charge in [0.05, 0.1) is 19.9 Å². The predicted molar refractivity (Wildman–Crippen MR) is 84.0 cm³/mol. The minimum Gasteiger partial charge on any atom is -0.496 e. The summed E-state index contributed by atoms with van der Waals surface area (Å²) in [7, 11) is 1.68. The molecule has 0 aliphatic carbocycles. The van der Waals surface area contributed by atoms with Crippen molar-refractivity contribution in [2.45, 2.75) is 32.4 Å². The molecule has 1 aromatic carbocycles. The normalized spacial score (nSPS) is 12.4. The first-order valence-electron chi connectivity index (χ1n) is 6.71. The third-order valence-corrected chi connectivity index (χ3v) is 3.78. The molecule has 0 fully saturated rings. The summed E-state index contributed by atoms with van der Waals surface area (Å²) in [5.41, 5.74) is 8.24. The average Bonchev–Trinajstić information content (AvgIpc) is 2.86. The first-order valence-corrected chi connectivity index (χ1v) is 7.51. The molecule has 0 saturated heterocycles. The second kappa shape index (κ2) is 6.90. The van der Waals surface area contributed by atoms with Gasteiger partial charge in [-0.1, -0.05) is 22.9 Å². The highest BCUT2D eigenvalue weighted by Crippen LogP contribution is 2.23. The van der Waals surface area contributed by atoms with Gasteiger partial charge in [0.25, 0.3) is 0 Å². The van der Waals surface area contributed by atoms with Crippen molar-refractivity contribution >= 4 is 15.9 Å². The first kappa shape index (κ1) is 15.1. The van der Waals surface area contributed by atoms with Crippen LogP contribution in [-0.4, -0.2) is 22.9 Å². The van der Waals surface area contributed by atoms with E-state index >= 15 is 0 Å². The number of nitrogens with zero attached hydrogens (tertiary/aromatic N) is 2. The van der Waals surface area contributed by atoms with E-state index in [4.69, 9.17) is 10.5 Å². The lowest BCUT2D eigenvalue weighted by Crippen LogP contribution is -2.21. The summed E-state index contributed by atoms with van der Waals surface area (Å²) >= 11 is 3.48. The van der Waals surface area contributed by atoms with E-state index in [1.165, 1.54) is 5.56 Å². The van der Waals surface area contributed by atoms with Crippen molar-refractivity contribution in [3.05, 3.63) is 46.2 Å². The van der Waals surface area contributed by atoms with Gasteiger partial charge in [0, 0.05) is 22.3 Å². The second-order valence-electron chi connectivity index (χ2n) is 4.87. The minimum atomic E-state index is 0.202. The Morgan fingerprint density at radius 1 is 1.45 bits per heavy atom. The van der Waals surface area contributed by atoms with Crippen molar-refractivity contribution in [1.82, 2.24) is 9.78 Å². The molecule has 1 atom stereocenters. The van der Waals surface area contributed by atoms with Gasteiger partial charge < -0.3 is 10.5 Å². The average molecular weight is 338 g/mol. The Hall–Kier alpha value is -1.33. The summed E-state index contributed by atoms with van der Waals surface area (Å²) in [4.78, 5) is 0. The lowest BCUT2D eigenvalue weighted by atomic mass is 10.1. The molecule has 0 spiro atoms. The van der Waals surface area contributed by atoms with Crippen LogP contribution in [0.15, 0.2) is 35.1 Å². The fourth-order valence-electron chi connectivity index (χ4n) is 2.09. The summed E-state index contributed by atoms with van der Waals surface area (Å²) < 4.78 is 8.33. The van der Waals surface area contributed by atoms with Gasteiger partial charge in [0.1, 0.15) is 5.75 Å². The van der Waals surface area contributed by atoms with Crippen LogP contribution in [0.3, 0.4) is 0 Å². The Kier molecular flexibility index (Phi) is 5.20. The van der Waals surface area contributed by atoms with Gasteiger partial charge in [0.15, 0.2) is 0 Å². The molecule has 1 heterocycles. The molecule has 0 aliphatic heterocycles. The fourth-order valence-corrected chi connectivity index (χ4v) is 2.50. The minimum absolute atomic E-state index is 0.202. The molecule has 2 N–H and O–H groups in total. The maximum Gasteiger partial charge on any atom is 0.124 e. The lowest BCUT2D eigenvalue weighted by molar-refractivity contribution is 0.407. The van der Waals surface area contributed by atoms with Crippen LogP contribution in [-0.2, 0) is 13.0 Å². The molecule has 0 amide bonds. The topological polar surface area (TPSA) is 53.1 Å². The molecule has 108 valence electrons. The molecule has 0 radical (unpaired) electrons. The maximum atomic E-state index is 5.97. The Balaban J connectivity index is 2.12. The van der Waals surface area contributed by atoms with Crippen molar-refractivity contribution in [2.75, 3.05) is 7.11 Å². The first-order chi connectivity index (χ1) is 9.62. The molecular formula is C15H20BrN3O. The molecule has 0 bridgehead atoms. The van der Waals surface area contributed by atoms with Crippen molar-refractivity contribution in [3.63, 3.8) is 0 Å². The van der Waals surface area contributed by atoms with Gasteiger partial charge in [-0.2, -0.15) is 5.10 Å². The van der Waals surface area contributed by atoms with Crippen molar-refractivity contribution in [3.8, 4) is 5.75 Å². The van der Waals surface area contributed by atoms with Crippen molar-refractivity contribution < 1.29 is 4.74 Å². The number of methoxy groups -OCH3 is 1. The molecule has 1 unspecified atom stereocenters. The third-order valence-electron chi connectivity index (χ3n) is 3.28. The van der Waals surface area contributed by atoms with Crippen LogP contribution in [0.1, 0.15) is 24.5 Å². The number of hydrogen-bond donors (Lipinski definition) is 1. The van der Waals surface area contributed by atoms with Gasteiger partial charge in [-0.25, -0.2) is 0 Å². The second-order valence-corrected chi connectivity index (χ2v) is 5.79. The van der Waals surface area contributed by atoms with Crippen LogP contribution in [0.4, 0.5) is 0 Å². The number of nitrogens with two attached hydrogens (primary N) is 1. The number of aromatic nitrogens is 2. The van der Waals surface area contributed by atoms with E-state index in [-0.39, 0.29) is 6.04 Å². The van der Waals surface area contributed by atoms with Crippen molar-refractivity contribution in [1.29, 1.82) is 0 Å². The monoisotopic (exact) mass is 337 g/mol. The van der Waals surface area contributed by atoms with Crippen molar-refractivity contribution in [2.24, 2.45) is 5.73 Å². The van der Waals surface area contributed by atoms with Gasteiger partial charge in [-0.15, -0.1) is 0 Å². The number of rotatable bonds is 6. The van der Waals surface area contributed by atoms with Crippen LogP contribution < -0.4 is 10.5 Å². The van der Waals surface area contributed by atoms with E-state index in [2.05, 4.69) is 40.2 Å². The molecule has 5 heteroatoms. The zero-order valence-electron chi connectivity index (χ0n) is 11.8. The Morgan fingerprint density at radius 3 is 2.95 bits per heavy atom. The van der Waals surface area contributed by atoms with E-state index in [1.807, 2.05) is 23.0 Å². The Labute approximate surface area is 128 Å². The summed E-state index contributed by atoms with van der Waals surface area (Å²) in [6.07, 6.45) is 5.78. The Morgan fingerprint density at radius 2 is 2.25 bits per heavy atom. The maximum absolute atomic E-state index is 5.97. The number of benzene rings is 1. The van der Waals surface area contributed by atoms with Crippen LogP contribution in [0, 0.1) is 0 Å². The van der Waals surface area contributed by atoms with E-state index in [0.717, 1.165) is 28.6 Å². The SMILES string of the molecule is CCC(N)Cc1cnn(Cc2cc(Br)ccc2OC)c1. The quantitative estimate of drug-likeness (QED) is 0.881. The smallest absolute Gasteiger partial charge is 0.124 e. The van der Waals surface area contributed by atoms with Gasteiger partial charge in [0.2, 0.25) is 0 Å². The molecule has 2 aromatic rings. The molecule has 0 saturated carbocycles. The van der Waals surface area contributed by atoms with E-state index < -0.39 is 0 Å². The molecule has 1 aromatic heterocycles. The number of hydrogen-bond acceptors (Lipinski definition) is 3. The van der Waals surface area contributed by atoms with Gasteiger partial charge in [-0.05, 0) is 36.6 Å². The molecular weight excluding hydrogens is 318 g/mol. The highest BCUT2D eigenvalue weighted by atomic mass is 79.9. The lowest BCUT2D eigenvalue weighted by Gasteiger charge is -2.09. The zero-order valence-corrected chi connectivity index (χ0v) is 13.4. The number of ether oxygens (including phenoxy) is 1. The number of halogens is 1. The zero-order chi connectivity index (χ0) is 14.5. The van der Waals surface area contributed by atoms with E-state index in [9.17, 15) is 0 Å². The fraction of sp³-hybridized carbons (Fsp3) is 0.400. The molecule has 20 heavy (non-hydrogen) atoms. The largest absolute Gasteiger partial charge is 0.496 e. The third kappa shape index (κ3) is 3.84. The van der Waals surface area contributed by atoms with Crippen LogP contribution >= 0.6 is 15.9 Å². The molecule has 4 nitrogen and oxygen atoms in total. The summed E-state index contributed by atoms with van der Waals surface area (Å²) in [5, 5.41) is 4.39. The van der Waals surface area contributed by atoms with Crippen LogP contribution in [0.25, 0.3) is 0 Å². The predicted octanol–water partition coefficient (Wildman–Crippen LogP) is 2.98. The van der Waals surface area contributed by atoms with Gasteiger partial charge >= 0.3 is 0 Å². The summed E-state index contributed by atoms with van der Waals surface area (Å²) in [6, 6.07) is 6.18. The van der Waals surface area contributed by atoms with Crippen LogP contribution in [0.5, 0.6) is 5.75 Å².